The molecule has 4 nitrogen and oxygen atoms in total. The molecule has 0 spiro atoms. The molecular weight excluding hydrogens is 220 g/mol. The Morgan fingerprint density at radius 2 is 2.00 bits per heavy atom. The molecule has 17 heavy (non-hydrogen) atoms. The number of carbonyl (C=O) groups is 1. The molecule has 0 atom stereocenters. The van der Waals surface area contributed by atoms with Crippen molar-refractivity contribution >= 4 is 5.97 Å². The number of hydrogen-bond donors (Lipinski definition) is 2. The van der Waals surface area contributed by atoms with E-state index in [-0.39, 0.29) is 24.6 Å². The maximum atomic E-state index is 10.2. The monoisotopic (exact) mass is 244 g/mol. The van der Waals surface area contributed by atoms with E-state index >= 15 is 0 Å². The Kier molecular flexibility index (Phi) is 8.72. The first-order chi connectivity index (χ1) is 8.14. The Labute approximate surface area is 103 Å². The van der Waals surface area contributed by atoms with E-state index in [1.54, 1.807) is 0 Å². The Balaban J connectivity index is 0.000000325. The van der Waals surface area contributed by atoms with Gasteiger partial charge < -0.3 is 14.9 Å². The average molecular weight is 244 g/mol. The summed E-state index contributed by atoms with van der Waals surface area (Å²) in [5.41, 5.74) is -0.214. The SMILES string of the molecule is CCCC(=O)OC.OCC1(CO)CC=CCC1. The normalized spacial score (nSPS) is 16.9. The van der Waals surface area contributed by atoms with E-state index in [0.717, 1.165) is 25.7 Å². The summed E-state index contributed by atoms with van der Waals surface area (Å²) in [5, 5.41) is 17.9. The van der Waals surface area contributed by atoms with Crippen LogP contribution in [0.15, 0.2) is 12.2 Å². The average Bonchev–Trinajstić information content (AvgIpc) is 2.40. The van der Waals surface area contributed by atoms with Crippen molar-refractivity contribution in [1.29, 1.82) is 0 Å². The van der Waals surface area contributed by atoms with Gasteiger partial charge in [-0.25, -0.2) is 0 Å². The molecule has 0 aromatic rings. The van der Waals surface area contributed by atoms with Crippen molar-refractivity contribution < 1.29 is 19.7 Å². The molecule has 0 bridgehead atoms. The molecule has 0 fully saturated rings. The van der Waals surface area contributed by atoms with Crippen LogP contribution < -0.4 is 0 Å². The Morgan fingerprint density at radius 3 is 2.24 bits per heavy atom. The lowest BCUT2D eigenvalue weighted by atomic mass is 9.79. The summed E-state index contributed by atoms with van der Waals surface area (Å²) >= 11 is 0. The van der Waals surface area contributed by atoms with E-state index < -0.39 is 0 Å². The second-order valence-corrected chi connectivity index (χ2v) is 4.36. The van der Waals surface area contributed by atoms with Crippen molar-refractivity contribution in [2.75, 3.05) is 20.3 Å². The fourth-order valence-electron chi connectivity index (χ4n) is 1.59. The fraction of sp³-hybridized carbons (Fsp3) is 0.769. The van der Waals surface area contributed by atoms with E-state index in [1.165, 1.54) is 7.11 Å². The van der Waals surface area contributed by atoms with Crippen LogP contribution in [0.2, 0.25) is 0 Å². The summed E-state index contributed by atoms with van der Waals surface area (Å²) < 4.78 is 4.35. The lowest BCUT2D eigenvalue weighted by molar-refractivity contribution is -0.140. The van der Waals surface area contributed by atoms with Crippen molar-refractivity contribution in [2.24, 2.45) is 5.41 Å². The third kappa shape index (κ3) is 6.44. The summed E-state index contributed by atoms with van der Waals surface area (Å²) in [5.74, 6) is -0.123. The van der Waals surface area contributed by atoms with Crippen LogP contribution in [0.1, 0.15) is 39.0 Å². The van der Waals surface area contributed by atoms with E-state index in [0.29, 0.717) is 6.42 Å². The third-order valence-corrected chi connectivity index (χ3v) is 2.91. The molecule has 0 saturated carbocycles. The Hall–Kier alpha value is -0.870. The number of carbonyl (C=O) groups excluding carboxylic acids is 1. The number of methoxy groups -OCH3 is 1. The van der Waals surface area contributed by atoms with Crippen LogP contribution in [0.3, 0.4) is 0 Å². The first-order valence-corrected chi connectivity index (χ1v) is 6.07. The zero-order valence-corrected chi connectivity index (χ0v) is 10.8. The molecule has 1 aliphatic rings. The highest BCUT2D eigenvalue weighted by Crippen LogP contribution is 2.31. The summed E-state index contributed by atoms with van der Waals surface area (Å²) in [6.07, 6.45) is 8.26. The molecule has 0 heterocycles. The molecule has 0 radical (unpaired) electrons. The second kappa shape index (κ2) is 9.19. The van der Waals surface area contributed by atoms with Gasteiger partial charge in [-0.2, -0.15) is 0 Å². The van der Waals surface area contributed by atoms with Crippen molar-refractivity contribution in [3.05, 3.63) is 12.2 Å². The van der Waals surface area contributed by atoms with Crippen LogP contribution in [0.25, 0.3) is 0 Å². The quantitative estimate of drug-likeness (QED) is 0.583. The molecule has 2 N–H and O–H groups in total. The van der Waals surface area contributed by atoms with E-state index in [9.17, 15) is 4.79 Å². The van der Waals surface area contributed by atoms with E-state index in [4.69, 9.17) is 10.2 Å². The molecule has 0 aromatic heterocycles. The largest absolute Gasteiger partial charge is 0.469 e. The number of ether oxygens (including phenoxy) is 1. The van der Waals surface area contributed by atoms with Crippen molar-refractivity contribution in [1.82, 2.24) is 0 Å². The van der Waals surface area contributed by atoms with Crippen molar-refractivity contribution in [3.63, 3.8) is 0 Å². The smallest absolute Gasteiger partial charge is 0.305 e. The molecule has 0 amide bonds. The van der Waals surface area contributed by atoms with Gasteiger partial charge in [-0.3, -0.25) is 4.79 Å². The zero-order chi connectivity index (χ0) is 13.1. The highest BCUT2D eigenvalue weighted by molar-refractivity contribution is 5.68. The van der Waals surface area contributed by atoms with Crippen LogP contribution in [0, 0.1) is 5.41 Å². The van der Waals surface area contributed by atoms with Gasteiger partial charge in [0.15, 0.2) is 0 Å². The number of hydrogen-bond acceptors (Lipinski definition) is 4. The minimum atomic E-state index is -0.214. The first kappa shape index (κ1) is 16.1. The van der Waals surface area contributed by atoms with Gasteiger partial charge in [-0.15, -0.1) is 0 Å². The second-order valence-electron chi connectivity index (χ2n) is 4.36. The molecule has 100 valence electrons. The standard InChI is InChI=1S/C8H14O2.C5H10O2/c9-6-8(7-10)4-2-1-3-5-8;1-3-4-5(6)7-2/h1-2,9-10H,3-7H2;3-4H2,1-2H3. The lowest BCUT2D eigenvalue weighted by Crippen LogP contribution is -2.30. The first-order valence-electron chi connectivity index (χ1n) is 6.07. The van der Waals surface area contributed by atoms with Gasteiger partial charge in [-0.1, -0.05) is 19.1 Å². The minimum absolute atomic E-state index is 0.105. The maximum Gasteiger partial charge on any atom is 0.305 e. The van der Waals surface area contributed by atoms with E-state index in [1.807, 2.05) is 13.0 Å². The fourth-order valence-corrected chi connectivity index (χ4v) is 1.59. The molecule has 0 aromatic carbocycles. The predicted octanol–water partition coefficient (Wildman–Crippen LogP) is 1.66. The highest BCUT2D eigenvalue weighted by Gasteiger charge is 2.28. The molecule has 0 aliphatic heterocycles. The number of rotatable bonds is 4. The molecule has 1 rings (SSSR count). The Morgan fingerprint density at radius 1 is 1.35 bits per heavy atom. The molecule has 0 saturated heterocycles. The summed E-state index contributed by atoms with van der Waals surface area (Å²) in [6.45, 7) is 2.15. The predicted molar refractivity (Wildman–Crippen MR) is 66.5 cm³/mol. The molecule has 1 aliphatic carbocycles. The van der Waals surface area contributed by atoms with E-state index in [2.05, 4.69) is 10.8 Å². The van der Waals surface area contributed by atoms with Crippen LogP contribution in [0.5, 0.6) is 0 Å². The summed E-state index contributed by atoms with van der Waals surface area (Å²) in [6, 6.07) is 0. The van der Waals surface area contributed by atoms with Crippen LogP contribution in [-0.2, 0) is 9.53 Å². The van der Waals surface area contributed by atoms with Gasteiger partial charge in [0.25, 0.3) is 0 Å². The lowest BCUT2D eigenvalue weighted by Gasteiger charge is -2.30. The zero-order valence-electron chi connectivity index (χ0n) is 10.8. The maximum absolute atomic E-state index is 10.2. The van der Waals surface area contributed by atoms with Crippen molar-refractivity contribution in [2.45, 2.75) is 39.0 Å². The van der Waals surface area contributed by atoms with Crippen LogP contribution in [-0.4, -0.2) is 36.5 Å². The van der Waals surface area contributed by atoms with Gasteiger partial charge >= 0.3 is 5.97 Å². The summed E-state index contributed by atoms with van der Waals surface area (Å²) in [4.78, 5) is 10.2. The van der Waals surface area contributed by atoms with Gasteiger partial charge in [0.05, 0.1) is 20.3 Å². The van der Waals surface area contributed by atoms with Gasteiger partial charge in [0, 0.05) is 11.8 Å². The summed E-state index contributed by atoms with van der Waals surface area (Å²) in [7, 11) is 1.40. The number of esters is 1. The molecule has 4 heteroatoms. The third-order valence-electron chi connectivity index (χ3n) is 2.91. The number of allylic oxidation sites excluding steroid dienone is 2. The van der Waals surface area contributed by atoms with Gasteiger partial charge in [-0.05, 0) is 25.7 Å². The minimum Gasteiger partial charge on any atom is -0.469 e. The number of aliphatic hydroxyl groups is 2. The van der Waals surface area contributed by atoms with Crippen LogP contribution >= 0.6 is 0 Å². The molecular formula is C13H24O4. The number of aliphatic hydroxyl groups excluding tert-OH is 2. The highest BCUT2D eigenvalue weighted by atomic mass is 16.5. The Bertz CT molecular complexity index is 232. The van der Waals surface area contributed by atoms with Crippen LogP contribution in [0.4, 0.5) is 0 Å². The van der Waals surface area contributed by atoms with Crippen molar-refractivity contribution in [3.8, 4) is 0 Å². The van der Waals surface area contributed by atoms with Gasteiger partial charge in [0.2, 0.25) is 0 Å². The molecule has 0 unspecified atom stereocenters. The topological polar surface area (TPSA) is 66.8 Å². The van der Waals surface area contributed by atoms with Gasteiger partial charge in [0.1, 0.15) is 0 Å².